The molecular formula is C10H16N2O2S. The normalized spacial score (nSPS) is 25.9. The highest BCUT2D eigenvalue weighted by Gasteiger charge is 2.34. The number of carbonyl (C=O) groups is 1. The number of carbonyl (C=O) groups excluding carboxylic acids is 1. The molecule has 1 rings (SSSR count). The van der Waals surface area contributed by atoms with Crippen LogP contribution < -0.4 is 10.6 Å². The van der Waals surface area contributed by atoms with Gasteiger partial charge >= 0.3 is 5.97 Å². The molecule has 0 bridgehead atoms. The smallest absolute Gasteiger partial charge is 0.317 e. The largest absolute Gasteiger partial charge is 0.462 e. The summed E-state index contributed by atoms with van der Waals surface area (Å²) in [6, 6.07) is -0.0856. The fourth-order valence-corrected chi connectivity index (χ4v) is 1.82. The van der Waals surface area contributed by atoms with Crippen molar-refractivity contribution in [3.8, 4) is 0 Å². The predicted molar refractivity (Wildman–Crippen MR) is 62.2 cm³/mol. The van der Waals surface area contributed by atoms with Gasteiger partial charge in [0, 0.05) is 11.7 Å². The summed E-state index contributed by atoms with van der Waals surface area (Å²) >= 11 is 4.95. The van der Waals surface area contributed by atoms with Crippen molar-refractivity contribution in [1.82, 2.24) is 10.6 Å². The SMILES string of the molecule is C=C1NC(=S)NC(C)C1C(=O)OC(C)C. The highest BCUT2D eigenvalue weighted by Crippen LogP contribution is 2.18. The summed E-state index contributed by atoms with van der Waals surface area (Å²) in [6.07, 6.45) is -0.119. The molecule has 1 aliphatic rings. The maximum atomic E-state index is 11.7. The second kappa shape index (κ2) is 4.61. The molecule has 15 heavy (non-hydrogen) atoms. The van der Waals surface area contributed by atoms with Crippen LogP contribution in [0.2, 0.25) is 0 Å². The first-order valence-electron chi connectivity index (χ1n) is 4.88. The molecule has 0 amide bonds. The van der Waals surface area contributed by atoms with Gasteiger partial charge < -0.3 is 15.4 Å². The highest BCUT2D eigenvalue weighted by molar-refractivity contribution is 7.80. The van der Waals surface area contributed by atoms with E-state index in [1.54, 1.807) is 0 Å². The number of hydrogen-bond acceptors (Lipinski definition) is 3. The molecule has 1 fully saturated rings. The summed E-state index contributed by atoms with van der Waals surface area (Å²) in [4.78, 5) is 11.7. The molecule has 0 aromatic rings. The molecule has 1 aliphatic heterocycles. The van der Waals surface area contributed by atoms with E-state index in [0.717, 1.165) is 0 Å². The first-order chi connectivity index (χ1) is 6.91. The first-order valence-corrected chi connectivity index (χ1v) is 5.29. The lowest BCUT2D eigenvalue weighted by Crippen LogP contribution is -2.54. The van der Waals surface area contributed by atoms with E-state index in [2.05, 4.69) is 17.2 Å². The Morgan fingerprint density at radius 2 is 2.20 bits per heavy atom. The van der Waals surface area contributed by atoms with Crippen LogP contribution in [0, 0.1) is 5.92 Å². The van der Waals surface area contributed by atoms with Crippen molar-refractivity contribution in [3.05, 3.63) is 12.3 Å². The Bertz CT molecular complexity index is 302. The molecular weight excluding hydrogens is 212 g/mol. The van der Waals surface area contributed by atoms with Crippen molar-refractivity contribution >= 4 is 23.3 Å². The van der Waals surface area contributed by atoms with Crippen molar-refractivity contribution < 1.29 is 9.53 Å². The Hall–Kier alpha value is -1.10. The van der Waals surface area contributed by atoms with Gasteiger partial charge in [-0.15, -0.1) is 0 Å². The molecule has 4 nitrogen and oxygen atoms in total. The maximum absolute atomic E-state index is 11.7. The molecule has 2 N–H and O–H groups in total. The number of esters is 1. The minimum atomic E-state index is -0.390. The fourth-order valence-electron chi connectivity index (χ4n) is 1.50. The summed E-state index contributed by atoms with van der Waals surface area (Å²) in [6.45, 7) is 9.30. The van der Waals surface area contributed by atoms with E-state index in [1.165, 1.54) is 0 Å². The van der Waals surface area contributed by atoms with Crippen LogP contribution in [0.1, 0.15) is 20.8 Å². The molecule has 0 aliphatic carbocycles. The Labute approximate surface area is 95.1 Å². The second-order valence-corrected chi connectivity index (χ2v) is 4.28. The minimum Gasteiger partial charge on any atom is -0.462 e. The van der Waals surface area contributed by atoms with E-state index in [1.807, 2.05) is 20.8 Å². The number of thiocarbonyl (C=S) groups is 1. The van der Waals surface area contributed by atoms with Crippen molar-refractivity contribution in [3.63, 3.8) is 0 Å². The van der Waals surface area contributed by atoms with Gasteiger partial charge in [-0.2, -0.15) is 0 Å². The van der Waals surface area contributed by atoms with E-state index < -0.39 is 0 Å². The number of hydrogen-bond donors (Lipinski definition) is 2. The highest BCUT2D eigenvalue weighted by atomic mass is 32.1. The molecule has 0 radical (unpaired) electrons. The van der Waals surface area contributed by atoms with Gasteiger partial charge in [-0.25, -0.2) is 0 Å². The van der Waals surface area contributed by atoms with Gasteiger partial charge in [0.2, 0.25) is 0 Å². The van der Waals surface area contributed by atoms with Crippen molar-refractivity contribution in [2.24, 2.45) is 5.92 Å². The third-order valence-corrected chi connectivity index (χ3v) is 2.33. The van der Waals surface area contributed by atoms with E-state index in [-0.39, 0.29) is 24.0 Å². The molecule has 1 saturated heterocycles. The molecule has 2 atom stereocenters. The monoisotopic (exact) mass is 228 g/mol. The average molecular weight is 228 g/mol. The van der Waals surface area contributed by atoms with Gasteiger partial charge in [-0.1, -0.05) is 6.58 Å². The summed E-state index contributed by atoms with van der Waals surface area (Å²) < 4.78 is 5.14. The molecule has 2 unspecified atom stereocenters. The summed E-state index contributed by atoms with van der Waals surface area (Å²) in [5.74, 6) is -0.663. The third kappa shape index (κ3) is 2.92. The summed E-state index contributed by atoms with van der Waals surface area (Å²) in [5.41, 5.74) is 0.594. The Kier molecular flexibility index (Phi) is 3.68. The molecule has 0 aromatic carbocycles. The lowest BCUT2D eigenvalue weighted by Gasteiger charge is -2.32. The lowest BCUT2D eigenvalue weighted by molar-refractivity contribution is -0.151. The van der Waals surface area contributed by atoms with Crippen molar-refractivity contribution in [1.29, 1.82) is 0 Å². The Balaban J connectivity index is 2.71. The molecule has 5 heteroatoms. The van der Waals surface area contributed by atoms with Gasteiger partial charge in [0.25, 0.3) is 0 Å². The van der Waals surface area contributed by atoms with E-state index in [0.29, 0.717) is 10.8 Å². The Morgan fingerprint density at radius 1 is 1.60 bits per heavy atom. The predicted octanol–water partition coefficient (Wildman–Crippen LogP) is 0.934. The van der Waals surface area contributed by atoms with Crippen LogP contribution in [0.3, 0.4) is 0 Å². The zero-order valence-corrected chi connectivity index (χ0v) is 9.98. The number of rotatable bonds is 2. The summed E-state index contributed by atoms with van der Waals surface area (Å²) in [5, 5.41) is 6.31. The number of ether oxygens (including phenoxy) is 1. The van der Waals surface area contributed by atoms with E-state index in [9.17, 15) is 4.79 Å². The first kappa shape index (κ1) is 12.0. The molecule has 84 valence electrons. The van der Waals surface area contributed by atoms with Crippen molar-refractivity contribution in [2.45, 2.75) is 32.9 Å². The van der Waals surface area contributed by atoms with Crippen LogP contribution in [-0.4, -0.2) is 23.2 Å². The van der Waals surface area contributed by atoms with Crippen LogP contribution in [0.5, 0.6) is 0 Å². The zero-order valence-electron chi connectivity index (χ0n) is 9.16. The van der Waals surface area contributed by atoms with Crippen LogP contribution in [0.15, 0.2) is 12.3 Å². The van der Waals surface area contributed by atoms with E-state index in [4.69, 9.17) is 17.0 Å². The fraction of sp³-hybridized carbons (Fsp3) is 0.600. The van der Waals surface area contributed by atoms with Crippen molar-refractivity contribution in [2.75, 3.05) is 0 Å². The topological polar surface area (TPSA) is 50.4 Å². The summed E-state index contributed by atoms with van der Waals surface area (Å²) in [7, 11) is 0. The van der Waals surface area contributed by atoms with Gasteiger partial charge in [-0.05, 0) is 33.0 Å². The van der Waals surface area contributed by atoms with Crippen LogP contribution in [0.4, 0.5) is 0 Å². The standard InChI is InChI=1S/C10H16N2O2S/c1-5(2)14-9(13)8-6(3)11-10(15)12-7(8)4/h5,7-8H,3H2,1-2,4H3,(H2,11,12,15). The van der Waals surface area contributed by atoms with E-state index >= 15 is 0 Å². The average Bonchev–Trinajstić information content (AvgIpc) is 1.99. The third-order valence-electron chi connectivity index (χ3n) is 2.11. The van der Waals surface area contributed by atoms with Gasteiger partial charge in [0.15, 0.2) is 5.11 Å². The number of nitrogens with one attached hydrogen (secondary N) is 2. The van der Waals surface area contributed by atoms with Gasteiger partial charge in [0.05, 0.1) is 6.10 Å². The molecule has 0 spiro atoms. The molecule has 0 aromatic heterocycles. The minimum absolute atomic E-state index is 0.0856. The molecule has 1 heterocycles. The van der Waals surface area contributed by atoms with Gasteiger partial charge in [0.1, 0.15) is 5.92 Å². The van der Waals surface area contributed by atoms with Gasteiger partial charge in [-0.3, -0.25) is 4.79 Å². The second-order valence-electron chi connectivity index (χ2n) is 3.88. The van der Waals surface area contributed by atoms with Crippen LogP contribution in [0.25, 0.3) is 0 Å². The maximum Gasteiger partial charge on any atom is 0.317 e. The Morgan fingerprint density at radius 3 is 2.67 bits per heavy atom. The zero-order chi connectivity index (χ0) is 11.6. The molecule has 0 saturated carbocycles. The lowest BCUT2D eigenvalue weighted by atomic mass is 9.96. The van der Waals surface area contributed by atoms with Crippen LogP contribution in [-0.2, 0) is 9.53 Å². The quantitative estimate of drug-likeness (QED) is 0.544. The van der Waals surface area contributed by atoms with Crippen LogP contribution >= 0.6 is 12.2 Å².